The van der Waals surface area contributed by atoms with Gasteiger partial charge in [0.2, 0.25) is 23.6 Å². The molecule has 4 N–H and O–H groups in total. The summed E-state index contributed by atoms with van der Waals surface area (Å²) >= 11 is 0. The van der Waals surface area contributed by atoms with Crippen molar-refractivity contribution in [2.45, 2.75) is 157 Å². The summed E-state index contributed by atoms with van der Waals surface area (Å²) < 4.78 is 72.1. The zero-order chi connectivity index (χ0) is 71.4. The van der Waals surface area contributed by atoms with Gasteiger partial charge in [0.1, 0.15) is 70.2 Å². The highest BCUT2D eigenvalue weighted by Gasteiger charge is 2.40. The van der Waals surface area contributed by atoms with E-state index in [0.717, 1.165) is 0 Å². The zero-order valence-corrected chi connectivity index (χ0v) is 59.4. The monoisotopic (exact) mass is 1340 g/mol. The molecule has 0 fully saturated rings. The molecule has 8 bridgehead atoms. The first kappa shape index (κ1) is 77.7. The maximum atomic E-state index is 15.2. The van der Waals surface area contributed by atoms with Gasteiger partial charge in [-0.3, -0.25) is 19.2 Å². The summed E-state index contributed by atoms with van der Waals surface area (Å²) in [6.07, 6.45) is -1.67. The molecule has 528 valence electrons. The molecule has 0 aliphatic heterocycles. The molecule has 24 heteroatoms. The van der Waals surface area contributed by atoms with E-state index in [1.54, 1.807) is 132 Å². The minimum Gasteiger partial charge on any atom is -0.496 e. The molecule has 0 saturated carbocycles. The number of rotatable bonds is 32. The van der Waals surface area contributed by atoms with Crippen LogP contribution in [0.15, 0.2) is 48.5 Å². The Morgan fingerprint density at radius 3 is 0.542 bits per heavy atom. The maximum Gasteiger partial charge on any atom is 0.328 e. The van der Waals surface area contributed by atoms with Crippen molar-refractivity contribution in [2.75, 3.05) is 83.3 Å². The van der Waals surface area contributed by atoms with Crippen molar-refractivity contribution in [3.8, 4) is 46.0 Å². The molecule has 4 atom stereocenters. The second-order valence-electron chi connectivity index (χ2n) is 24.5. The van der Waals surface area contributed by atoms with Crippen LogP contribution in [0.4, 0.5) is 0 Å². The van der Waals surface area contributed by atoms with Gasteiger partial charge >= 0.3 is 23.9 Å². The number of ether oxygens (including phenoxy) is 12. The Labute approximate surface area is 564 Å². The number of amides is 4. The van der Waals surface area contributed by atoms with Crippen molar-refractivity contribution in [2.24, 2.45) is 23.7 Å². The van der Waals surface area contributed by atoms with Gasteiger partial charge in [0.25, 0.3) is 0 Å². The first-order valence-electron chi connectivity index (χ1n) is 32.6. The van der Waals surface area contributed by atoms with E-state index in [1.165, 1.54) is 56.9 Å². The van der Waals surface area contributed by atoms with Crippen LogP contribution >= 0.6 is 0 Å². The minimum atomic E-state index is -1.13. The minimum absolute atomic E-state index is 0.0469. The molecule has 0 radical (unpaired) electrons. The molecular weight excluding hydrogens is 1240 g/mol. The highest BCUT2D eigenvalue weighted by Crippen LogP contribution is 2.53. The SMILES string of the molecule is CCOC(=O)[C@@H](NC(=O)CC1c2cc(c(OC)cc2OC)C(CC(=O)N[C@H](C(=O)OCC)C(C)C)c2cc(c(OC)cc2OC)C(CC(=O)N[C@H](C(=O)OCC)C(C)C)c2cc(c(OC)cc2OC)C(CC(=O)N[C@H](C(=O)OCC)C(C)C)c2cc1c(OC)cc2OC)C(C)C. The van der Waals surface area contributed by atoms with Gasteiger partial charge < -0.3 is 78.1 Å². The fourth-order valence-corrected chi connectivity index (χ4v) is 12.1. The van der Waals surface area contributed by atoms with Crippen LogP contribution in [-0.4, -0.2) is 155 Å². The molecule has 1 aliphatic rings. The van der Waals surface area contributed by atoms with Gasteiger partial charge in [-0.05, 0) is 75.6 Å². The van der Waals surface area contributed by atoms with Gasteiger partial charge in [-0.2, -0.15) is 0 Å². The van der Waals surface area contributed by atoms with Gasteiger partial charge in [0.15, 0.2) is 0 Å². The summed E-state index contributed by atoms with van der Waals surface area (Å²) in [6, 6.07) is 9.07. The third-order valence-electron chi connectivity index (χ3n) is 17.0. The van der Waals surface area contributed by atoms with Crippen LogP contribution < -0.4 is 59.2 Å². The molecule has 0 spiro atoms. The summed E-state index contributed by atoms with van der Waals surface area (Å²) in [4.78, 5) is 115. The first-order chi connectivity index (χ1) is 45.7. The fraction of sp³-hybridized carbons (Fsp3) is 0.556. The summed E-state index contributed by atoms with van der Waals surface area (Å²) in [7, 11) is 11.5. The van der Waals surface area contributed by atoms with E-state index in [4.69, 9.17) is 56.8 Å². The number of esters is 4. The maximum absolute atomic E-state index is 15.2. The van der Waals surface area contributed by atoms with Crippen LogP contribution in [0.2, 0.25) is 0 Å². The lowest BCUT2D eigenvalue weighted by Crippen LogP contribution is -2.45. The fourth-order valence-electron chi connectivity index (χ4n) is 12.1. The Morgan fingerprint density at radius 1 is 0.281 bits per heavy atom. The molecule has 5 rings (SSSR count). The third-order valence-corrected chi connectivity index (χ3v) is 17.0. The smallest absolute Gasteiger partial charge is 0.328 e. The average Bonchev–Trinajstić information content (AvgIpc) is 0.754. The van der Waals surface area contributed by atoms with E-state index in [9.17, 15) is 19.2 Å². The molecule has 0 aromatic heterocycles. The molecular formula is C72H100N4O20. The number of benzene rings is 4. The Balaban J connectivity index is 2.17. The van der Waals surface area contributed by atoms with Crippen LogP contribution in [0.3, 0.4) is 0 Å². The molecule has 1 aliphatic carbocycles. The normalized spacial score (nSPS) is 16.2. The number of hydrogen-bond donors (Lipinski definition) is 4. The zero-order valence-electron chi connectivity index (χ0n) is 59.4. The van der Waals surface area contributed by atoms with Crippen LogP contribution in [0.1, 0.15) is 177 Å². The largest absolute Gasteiger partial charge is 0.496 e. The van der Waals surface area contributed by atoms with Crippen molar-refractivity contribution < 1.29 is 95.2 Å². The summed E-state index contributed by atoms with van der Waals surface area (Å²) in [5, 5.41) is 11.7. The van der Waals surface area contributed by atoms with E-state index in [0.29, 0.717) is 44.5 Å². The predicted molar refractivity (Wildman–Crippen MR) is 358 cm³/mol. The first-order valence-corrected chi connectivity index (χ1v) is 32.6. The Bertz CT molecular complexity index is 2830. The van der Waals surface area contributed by atoms with Crippen LogP contribution in [0.5, 0.6) is 46.0 Å². The number of carbonyl (C=O) groups is 8. The van der Waals surface area contributed by atoms with Crippen molar-refractivity contribution in [1.29, 1.82) is 0 Å². The average molecular weight is 1340 g/mol. The molecule has 4 aromatic rings. The van der Waals surface area contributed by atoms with Gasteiger partial charge in [-0.1, -0.05) is 55.4 Å². The molecule has 0 heterocycles. The van der Waals surface area contributed by atoms with Crippen molar-refractivity contribution in [3.05, 3.63) is 93.0 Å². The van der Waals surface area contributed by atoms with Gasteiger partial charge in [0.05, 0.1) is 83.3 Å². The topological polar surface area (TPSA) is 295 Å². The second kappa shape index (κ2) is 36.2. The Hall–Kier alpha value is -8.96. The Morgan fingerprint density at radius 2 is 0.427 bits per heavy atom. The lowest BCUT2D eigenvalue weighted by Gasteiger charge is -2.32. The number of methoxy groups -OCH3 is 8. The van der Waals surface area contributed by atoms with E-state index < -0.39 is 145 Å². The van der Waals surface area contributed by atoms with E-state index in [1.807, 2.05) is 0 Å². The molecule has 0 unspecified atom stereocenters. The number of nitrogens with one attached hydrogen (secondary N) is 4. The molecule has 4 amide bonds. The number of fused-ring (bicyclic) bond motifs is 8. The number of hydrogen-bond acceptors (Lipinski definition) is 20. The van der Waals surface area contributed by atoms with E-state index in [2.05, 4.69) is 21.3 Å². The summed E-state index contributed by atoms with van der Waals surface area (Å²) in [5.74, 6) is -9.77. The number of carbonyl (C=O) groups excluding carboxylic acids is 8. The second-order valence-corrected chi connectivity index (χ2v) is 24.5. The van der Waals surface area contributed by atoms with Gasteiger partial charge in [0, 0.05) is 118 Å². The molecule has 96 heavy (non-hydrogen) atoms. The van der Waals surface area contributed by atoms with Crippen LogP contribution in [-0.2, 0) is 57.3 Å². The van der Waals surface area contributed by atoms with E-state index in [-0.39, 0.29) is 72.4 Å². The van der Waals surface area contributed by atoms with Crippen LogP contribution in [0.25, 0.3) is 0 Å². The highest BCUT2D eigenvalue weighted by atomic mass is 16.6. The molecule has 4 aromatic carbocycles. The predicted octanol–water partition coefficient (Wildman–Crippen LogP) is 8.97. The van der Waals surface area contributed by atoms with Crippen molar-refractivity contribution in [1.82, 2.24) is 21.3 Å². The highest BCUT2D eigenvalue weighted by molar-refractivity contribution is 5.89. The molecule has 0 saturated heterocycles. The van der Waals surface area contributed by atoms with Crippen molar-refractivity contribution in [3.63, 3.8) is 0 Å². The van der Waals surface area contributed by atoms with Gasteiger partial charge in [-0.25, -0.2) is 19.2 Å². The molecule has 24 nitrogen and oxygen atoms in total. The van der Waals surface area contributed by atoms with Crippen LogP contribution in [0, 0.1) is 23.7 Å². The lowest BCUT2D eigenvalue weighted by molar-refractivity contribution is -0.149. The summed E-state index contributed by atoms with van der Waals surface area (Å²) in [6.45, 7) is 21.0. The van der Waals surface area contributed by atoms with Gasteiger partial charge in [-0.15, -0.1) is 0 Å². The quantitative estimate of drug-likeness (QED) is 0.0262. The standard InChI is InChI=1S/C72H100N4O20/c1-21-93-69(81)65(37(5)6)73-61(77)29-41-45-25-47(55(87-15)33-53(45)85-13)42(30-62(78)74-66(38(7)8)70(82)94-22-2)49-27-51(59(91-19)35-57(49)89-17)44(32-64(80)76-68(40(11)12)72(84)96-24-4)52-28-50(58(90-18)36-60(52)92-20)43(48-26-46(41)54(86-14)34-56(48)88-16)31-63(79)75-67(39(9)10)71(83)95-23-3/h25-28,33-44,65-68H,21-24,29-32H2,1-20H3,(H,73,77)(H,74,78)(H,75,79)(H,76,80)/t41?,42?,43?,44?,65-,66-,67-,68-/m0/s1. The third kappa shape index (κ3) is 18.7. The Kier molecular flexibility index (Phi) is 29.3. The van der Waals surface area contributed by atoms with Crippen molar-refractivity contribution >= 4 is 47.5 Å². The van der Waals surface area contributed by atoms with E-state index >= 15 is 19.2 Å². The lowest BCUT2D eigenvalue weighted by atomic mass is 9.77. The summed E-state index contributed by atoms with van der Waals surface area (Å²) in [5.41, 5.74) is 2.63.